The van der Waals surface area contributed by atoms with E-state index in [2.05, 4.69) is 20.3 Å². The highest BCUT2D eigenvalue weighted by Gasteiger charge is 2.12. The van der Waals surface area contributed by atoms with Crippen molar-refractivity contribution in [1.82, 2.24) is 15.0 Å². The molecule has 2 aromatic heterocycles. The topological polar surface area (TPSA) is 67.8 Å². The zero-order chi connectivity index (χ0) is 17.9. The fraction of sp³-hybridized carbons (Fsp3) is 0. The molecular weight excluding hydrogens is 348 g/mol. The van der Waals surface area contributed by atoms with Crippen LogP contribution in [0.1, 0.15) is 10.4 Å². The first-order valence-corrected chi connectivity index (χ1v) is 8.32. The molecule has 0 radical (unpaired) electrons. The summed E-state index contributed by atoms with van der Waals surface area (Å²) in [7, 11) is 0. The third-order valence-corrected chi connectivity index (χ3v) is 4.28. The molecule has 0 saturated carbocycles. The van der Waals surface area contributed by atoms with Crippen LogP contribution in [0.25, 0.3) is 22.2 Å². The monoisotopic (exact) mass is 360 g/mol. The molecule has 2 aromatic carbocycles. The van der Waals surface area contributed by atoms with Crippen molar-refractivity contribution in [3.05, 3.63) is 83.8 Å². The molecule has 126 valence electrons. The molecule has 4 aromatic rings. The number of para-hydroxylation sites is 1. The van der Waals surface area contributed by atoms with Crippen LogP contribution in [0, 0.1) is 0 Å². The zero-order valence-corrected chi connectivity index (χ0v) is 14.3. The summed E-state index contributed by atoms with van der Waals surface area (Å²) in [6.45, 7) is 0. The van der Waals surface area contributed by atoms with E-state index in [1.165, 1.54) is 6.33 Å². The van der Waals surface area contributed by atoms with Gasteiger partial charge in [-0.1, -0.05) is 48.0 Å². The van der Waals surface area contributed by atoms with Crippen LogP contribution >= 0.6 is 11.6 Å². The quantitative estimate of drug-likeness (QED) is 0.580. The number of nitrogens with one attached hydrogen (secondary N) is 1. The van der Waals surface area contributed by atoms with Gasteiger partial charge in [-0.2, -0.15) is 0 Å². The summed E-state index contributed by atoms with van der Waals surface area (Å²) in [6.07, 6.45) is 3.02. The van der Waals surface area contributed by atoms with Crippen LogP contribution in [0.4, 0.5) is 5.82 Å². The Hall–Kier alpha value is -3.31. The third kappa shape index (κ3) is 3.12. The number of carbonyl (C=O) groups excluding carboxylic acids is 1. The van der Waals surface area contributed by atoms with Gasteiger partial charge >= 0.3 is 0 Å². The molecule has 0 spiro atoms. The number of halogens is 1. The van der Waals surface area contributed by atoms with E-state index < -0.39 is 0 Å². The van der Waals surface area contributed by atoms with E-state index in [4.69, 9.17) is 11.6 Å². The number of nitrogens with zero attached hydrogens (tertiary/aromatic N) is 3. The van der Waals surface area contributed by atoms with Crippen LogP contribution < -0.4 is 5.32 Å². The fourth-order valence-corrected chi connectivity index (χ4v) is 2.95. The number of benzene rings is 2. The molecule has 0 aliphatic carbocycles. The average Bonchev–Trinajstić information content (AvgIpc) is 2.68. The van der Waals surface area contributed by atoms with Gasteiger partial charge in [-0.05, 0) is 18.2 Å². The SMILES string of the molecule is O=C(Nc1cc(-c2ccccc2Cl)ncn1)c1ccnc2ccccc12. The van der Waals surface area contributed by atoms with E-state index in [0.717, 1.165) is 16.5 Å². The summed E-state index contributed by atoms with van der Waals surface area (Å²) < 4.78 is 0. The summed E-state index contributed by atoms with van der Waals surface area (Å²) in [5.74, 6) is 0.147. The normalized spacial score (nSPS) is 10.7. The van der Waals surface area contributed by atoms with Crippen LogP contribution in [0.5, 0.6) is 0 Å². The summed E-state index contributed by atoms with van der Waals surface area (Å²) in [4.78, 5) is 25.4. The number of amides is 1. The molecule has 4 rings (SSSR count). The van der Waals surface area contributed by atoms with E-state index in [1.807, 2.05) is 42.5 Å². The Balaban J connectivity index is 1.66. The highest BCUT2D eigenvalue weighted by Crippen LogP contribution is 2.27. The van der Waals surface area contributed by atoms with E-state index in [9.17, 15) is 4.79 Å². The van der Waals surface area contributed by atoms with Crippen LogP contribution in [-0.2, 0) is 0 Å². The number of anilines is 1. The minimum atomic E-state index is -0.257. The van der Waals surface area contributed by atoms with E-state index >= 15 is 0 Å². The van der Waals surface area contributed by atoms with Crippen molar-refractivity contribution >= 4 is 34.2 Å². The summed E-state index contributed by atoms with van der Waals surface area (Å²) in [6, 6.07) is 18.3. The number of carbonyl (C=O) groups is 1. The zero-order valence-electron chi connectivity index (χ0n) is 13.6. The second-order valence-electron chi connectivity index (χ2n) is 5.60. The summed E-state index contributed by atoms with van der Waals surface area (Å²) in [5.41, 5.74) is 2.72. The Morgan fingerprint density at radius 2 is 1.73 bits per heavy atom. The van der Waals surface area contributed by atoms with Crippen molar-refractivity contribution in [2.75, 3.05) is 5.32 Å². The maximum atomic E-state index is 12.7. The largest absolute Gasteiger partial charge is 0.306 e. The standard InChI is InChI=1S/C20H13ClN4O/c21-16-7-3-1-6-15(16)18-11-19(24-12-23-18)25-20(26)14-9-10-22-17-8-4-2-5-13(14)17/h1-12H,(H,23,24,25,26). The van der Waals surface area contributed by atoms with E-state index in [-0.39, 0.29) is 5.91 Å². The van der Waals surface area contributed by atoms with Crippen molar-refractivity contribution in [2.24, 2.45) is 0 Å². The predicted molar refractivity (Wildman–Crippen MR) is 102 cm³/mol. The lowest BCUT2D eigenvalue weighted by molar-refractivity contribution is 0.102. The fourth-order valence-electron chi connectivity index (χ4n) is 2.72. The molecule has 1 N–H and O–H groups in total. The second kappa shape index (κ2) is 6.90. The van der Waals surface area contributed by atoms with Gasteiger partial charge in [0.05, 0.1) is 16.8 Å². The molecule has 0 atom stereocenters. The van der Waals surface area contributed by atoms with Gasteiger partial charge in [-0.25, -0.2) is 9.97 Å². The first kappa shape index (κ1) is 16.2. The first-order chi connectivity index (χ1) is 12.7. The van der Waals surface area contributed by atoms with Gasteiger partial charge in [-0.3, -0.25) is 9.78 Å². The summed E-state index contributed by atoms with van der Waals surface area (Å²) in [5, 5.41) is 4.19. The van der Waals surface area contributed by atoms with Gasteiger partial charge < -0.3 is 5.32 Å². The molecule has 5 nitrogen and oxygen atoms in total. The first-order valence-electron chi connectivity index (χ1n) is 7.94. The molecule has 2 heterocycles. The average molecular weight is 361 g/mol. The Bertz CT molecular complexity index is 1110. The minimum absolute atomic E-state index is 0.257. The molecule has 0 saturated heterocycles. The smallest absolute Gasteiger partial charge is 0.257 e. The molecular formula is C20H13ClN4O. The number of rotatable bonds is 3. The Labute approximate surface area is 154 Å². The number of pyridine rings is 1. The van der Waals surface area contributed by atoms with Gasteiger partial charge in [0, 0.05) is 28.2 Å². The molecule has 0 bridgehead atoms. The lowest BCUT2D eigenvalue weighted by atomic mass is 10.1. The van der Waals surface area contributed by atoms with Gasteiger partial charge in [-0.15, -0.1) is 0 Å². The molecule has 0 fully saturated rings. The number of hydrogen-bond acceptors (Lipinski definition) is 4. The molecule has 26 heavy (non-hydrogen) atoms. The van der Waals surface area contributed by atoms with Crippen LogP contribution in [0.2, 0.25) is 5.02 Å². The summed E-state index contributed by atoms with van der Waals surface area (Å²) >= 11 is 6.22. The number of hydrogen-bond donors (Lipinski definition) is 1. The Morgan fingerprint density at radius 3 is 2.62 bits per heavy atom. The van der Waals surface area contributed by atoms with E-state index in [0.29, 0.717) is 22.1 Å². The third-order valence-electron chi connectivity index (χ3n) is 3.95. The number of fused-ring (bicyclic) bond motifs is 1. The number of aromatic nitrogens is 3. The lowest BCUT2D eigenvalue weighted by Gasteiger charge is -2.08. The van der Waals surface area contributed by atoms with Gasteiger partial charge in [0.2, 0.25) is 0 Å². The Kier molecular flexibility index (Phi) is 4.29. The van der Waals surface area contributed by atoms with Gasteiger partial charge in [0.25, 0.3) is 5.91 Å². The van der Waals surface area contributed by atoms with Crippen molar-refractivity contribution < 1.29 is 4.79 Å². The maximum absolute atomic E-state index is 12.7. The highest BCUT2D eigenvalue weighted by molar-refractivity contribution is 6.33. The van der Waals surface area contributed by atoms with Gasteiger partial charge in [0.1, 0.15) is 12.1 Å². The highest BCUT2D eigenvalue weighted by atomic mass is 35.5. The minimum Gasteiger partial charge on any atom is -0.306 e. The van der Waals surface area contributed by atoms with Crippen molar-refractivity contribution in [3.8, 4) is 11.3 Å². The van der Waals surface area contributed by atoms with Gasteiger partial charge in [0.15, 0.2) is 0 Å². The van der Waals surface area contributed by atoms with Crippen molar-refractivity contribution in [3.63, 3.8) is 0 Å². The molecule has 0 aliphatic rings. The van der Waals surface area contributed by atoms with Crippen LogP contribution in [-0.4, -0.2) is 20.9 Å². The van der Waals surface area contributed by atoms with Crippen molar-refractivity contribution in [1.29, 1.82) is 0 Å². The maximum Gasteiger partial charge on any atom is 0.257 e. The Morgan fingerprint density at radius 1 is 0.923 bits per heavy atom. The van der Waals surface area contributed by atoms with Crippen LogP contribution in [0.15, 0.2) is 73.2 Å². The lowest BCUT2D eigenvalue weighted by Crippen LogP contribution is -2.13. The van der Waals surface area contributed by atoms with Crippen LogP contribution in [0.3, 0.4) is 0 Å². The molecule has 1 amide bonds. The molecule has 0 aliphatic heterocycles. The van der Waals surface area contributed by atoms with E-state index in [1.54, 1.807) is 24.4 Å². The molecule has 6 heteroatoms. The predicted octanol–water partition coefficient (Wildman–Crippen LogP) is 4.60. The second-order valence-corrected chi connectivity index (χ2v) is 6.01. The molecule has 0 unspecified atom stereocenters. The van der Waals surface area contributed by atoms with Crippen molar-refractivity contribution in [2.45, 2.75) is 0 Å².